The molecule has 0 bridgehead atoms. The second kappa shape index (κ2) is 10.6. The van der Waals surface area contributed by atoms with Gasteiger partial charge in [-0.3, -0.25) is 14.9 Å². The number of nitrogens with one attached hydrogen (secondary N) is 2. The second-order valence-corrected chi connectivity index (χ2v) is 6.70. The van der Waals surface area contributed by atoms with Gasteiger partial charge < -0.3 is 10.6 Å². The number of pyridine rings is 1. The van der Waals surface area contributed by atoms with Crippen molar-refractivity contribution >= 4 is 29.9 Å². The van der Waals surface area contributed by atoms with Gasteiger partial charge in [0.05, 0.1) is 12.2 Å². The summed E-state index contributed by atoms with van der Waals surface area (Å²) in [6.07, 6.45) is 2.64. The van der Waals surface area contributed by atoms with E-state index < -0.39 is 0 Å². The third kappa shape index (κ3) is 6.14. The van der Waals surface area contributed by atoms with E-state index in [1.807, 2.05) is 6.07 Å². The van der Waals surface area contributed by atoms with Gasteiger partial charge in [0, 0.05) is 38.4 Å². The number of benzene rings is 1. The lowest BCUT2D eigenvalue weighted by Crippen LogP contribution is -2.44. The van der Waals surface area contributed by atoms with Gasteiger partial charge in [0.15, 0.2) is 5.96 Å². The molecule has 2 atom stereocenters. The first-order chi connectivity index (χ1) is 12.7. The van der Waals surface area contributed by atoms with Crippen molar-refractivity contribution in [1.82, 2.24) is 20.5 Å². The number of guanidine groups is 1. The normalized spacial score (nSPS) is 20.2. The van der Waals surface area contributed by atoms with Crippen LogP contribution in [0.15, 0.2) is 53.7 Å². The third-order valence-corrected chi connectivity index (χ3v) is 4.75. The average Bonchev–Trinajstić information content (AvgIpc) is 2.99. The van der Waals surface area contributed by atoms with Crippen LogP contribution in [0.25, 0.3) is 0 Å². The van der Waals surface area contributed by atoms with Crippen LogP contribution in [0.2, 0.25) is 0 Å². The molecule has 7 heteroatoms. The van der Waals surface area contributed by atoms with E-state index in [-0.39, 0.29) is 29.8 Å². The molecule has 1 aliphatic heterocycles. The van der Waals surface area contributed by atoms with Crippen LogP contribution in [0, 0.1) is 5.82 Å². The zero-order valence-electron chi connectivity index (χ0n) is 15.7. The summed E-state index contributed by atoms with van der Waals surface area (Å²) in [7, 11) is 1.73. The van der Waals surface area contributed by atoms with Gasteiger partial charge in [-0.25, -0.2) is 4.39 Å². The first kappa shape index (κ1) is 21.6. The first-order valence-corrected chi connectivity index (χ1v) is 9.00. The molecule has 0 saturated carbocycles. The fourth-order valence-electron chi connectivity index (χ4n) is 3.35. The summed E-state index contributed by atoms with van der Waals surface area (Å²) in [5.41, 5.74) is 1.72. The molecule has 1 aromatic heterocycles. The van der Waals surface area contributed by atoms with Crippen molar-refractivity contribution < 1.29 is 4.39 Å². The Morgan fingerprint density at radius 2 is 2.04 bits per heavy atom. The molecule has 3 rings (SSSR count). The Balaban J connectivity index is 0.00000261. The minimum atomic E-state index is -0.307. The number of rotatable bonds is 5. The predicted molar refractivity (Wildman–Crippen MR) is 118 cm³/mol. The average molecular weight is 483 g/mol. The number of hydrogen-bond donors (Lipinski definition) is 2. The van der Waals surface area contributed by atoms with Crippen LogP contribution in [0.3, 0.4) is 0 Å². The Labute approximate surface area is 177 Å². The van der Waals surface area contributed by atoms with Crippen molar-refractivity contribution in [2.75, 3.05) is 13.6 Å². The molecule has 2 heterocycles. The zero-order chi connectivity index (χ0) is 18.4. The number of nitrogens with zero attached hydrogens (tertiary/aromatic N) is 3. The van der Waals surface area contributed by atoms with E-state index in [2.05, 4.69) is 56.7 Å². The first-order valence-electron chi connectivity index (χ1n) is 9.00. The van der Waals surface area contributed by atoms with E-state index in [4.69, 9.17) is 0 Å². The molecule has 2 aromatic rings. The van der Waals surface area contributed by atoms with Crippen LogP contribution in [0.4, 0.5) is 4.39 Å². The summed E-state index contributed by atoms with van der Waals surface area (Å²) < 4.78 is 13.7. The lowest BCUT2D eigenvalue weighted by Gasteiger charge is -2.21. The number of aliphatic imine (C=N–C) groups is 1. The van der Waals surface area contributed by atoms with Gasteiger partial charge in [-0.2, -0.15) is 0 Å². The maximum Gasteiger partial charge on any atom is 0.191 e. The Morgan fingerprint density at radius 1 is 1.26 bits per heavy atom. The molecular formula is C20H27FIN5. The number of hydrogen-bond acceptors (Lipinski definition) is 3. The zero-order valence-corrected chi connectivity index (χ0v) is 18.1. The van der Waals surface area contributed by atoms with Crippen molar-refractivity contribution in [3.63, 3.8) is 0 Å². The van der Waals surface area contributed by atoms with Crippen molar-refractivity contribution in [3.8, 4) is 0 Å². The molecule has 146 valence electrons. The molecule has 1 aromatic carbocycles. The Morgan fingerprint density at radius 3 is 2.74 bits per heavy atom. The van der Waals surface area contributed by atoms with Gasteiger partial charge in [0.2, 0.25) is 0 Å². The lowest BCUT2D eigenvalue weighted by molar-refractivity contribution is 0.258. The van der Waals surface area contributed by atoms with E-state index in [1.54, 1.807) is 19.3 Å². The molecular weight excluding hydrogens is 456 g/mol. The van der Waals surface area contributed by atoms with Gasteiger partial charge in [0.1, 0.15) is 5.82 Å². The van der Waals surface area contributed by atoms with E-state index in [0.717, 1.165) is 19.5 Å². The molecule has 1 saturated heterocycles. The molecule has 1 fully saturated rings. The molecule has 0 amide bonds. The Kier molecular flexibility index (Phi) is 8.43. The minimum absolute atomic E-state index is 0. The SMILES string of the molecule is CN=C(NCc1ncccc1F)NC1CC(C)N(Cc2ccccc2)C1.I. The van der Waals surface area contributed by atoms with E-state index in [9.17, 15) is 4.39 Å². The van der Waals surface area contributed by atoms with Crippen LogP contribution in [0.5, 0.6) is 0 Å². The molecule has 1 aliphatic rings. The maximum absolute atomic E-state index is 13.7. The van der Waals surface area contributed by atoms with Crippen LogP contribution in [-0.4, -0.2) is 41.5 Å². The van der Waals surface area contributed by atoms with E-state index in [1.165, 1.54) is 11.6 Å². The largest absolute Gasteiger partial charge is 0.352 e. The molecule has 2 unspecified atom stereocenters. The summed E-state index contributed by atoms with van der Waals surface area (Å²) >= 11 is 0. The molecule has 0 spiro atoms. The highest BCUT2D eigenvalue weighted by molar-refractivity contribution is 14.0. The topological polar surface area (TPSA) is 52.6 Å². The fourth-order valence-corrected chi connectivity index (χ4v) is 3.35. The minimum Gasteiger partial charge on any atom is -0.352 e. The van der Waals surface area contributed by atoms with Crippen molar-refractivity contribution in [2.45, 2.75) is 38.5 Å². The van der Waals surface area contributed by atoms with Gasteiger partial charge in [0.25, 0.3) is 0 Å². The monoisotopic (exact) mass is 483 g/mol. The fraction of sp³-hybridized carbons (Fsp3) is 0.400. The molecule has 27 heavy (non-hydrogen) atoms. The predicted octanol–water partition coefficient (Wildman–Crippen LogP) is 3.17. The summed E-state index contributed by atoms with van der Waals surface area (Å²) in [4.78, 5) is 10.8. The summed E-state index contributed by atoms with van der Waals surface area (Å²) in [6, 6.07) is 14.3. The van der Waals surface area contributed by atoms with Crippen LogP contribution in [-0.2, 0) is 13.1 Å². The number of likely N-dealkylation sites (tertiary alicyclic amines) is 1. The molecule has 0 aliphatic carbocycles. The van der Waals surface area contributed by atoms with Gasteiger partial charge >= 0.3 is 0 Å². The van der Waals surface area contributed by atoms with Crippen LogP contribution >= 0.6 is 24.0 Å². The lowest BCUT2D eigenvalue weighted by atomic mass is 10.2. The quantitative estimate of drug-likeness (QED) is 0.390. The molecule has 2 N–H and O–H groups in total. The Bertz CT molecular complexity index is 740. The molecule has 5 nitrogen and oxygen atoms in total. The van der Waals surface area contributed by atoms with Crippen molar-refractivity contribution in [2.24, 2.45) is 4.99 Å². The van der Waals surface area contributed by atoms with Gasteiger partial charge in [-0.15, -0.1) is 24.0 Å². The summed E-state index contributed by atoms with van der Waals surface area (Å²) in [5.74, 6) is 0.368. The van der Waals surface area contributed by atoms with Crippen molar-refractivity contribution in [1.29, 1.82) is 0 Å². The standard InChI is InChI=1S/C20H26FN5.HI/c1-15-11-17(14-26(15)13-16-7-4-3-5-8-16)25-20(22-2)24-12-19-18(21)9-6-10-23-19;/h3-10,15,17H,11-14H2,1-2H3,(H2,22,24,25);1H. The highest BCUT2D eigenvalue weighted by Gasteiger charge is 2.29. The van der Waals surface area contributed by atoms with Gasteiger partial charge in [-0.05, 0) is 31.0 Å². The third-order valence-electron chi connectivity index (χ3n) is 4.75. The second-order valence-electron chi connectivity index (χ2n) is 6.70. The Hall–Kier alpha value is -1.74. The summed E-state index contributed by atoms with van der Waals surface area (Å²) in [6.45, 7) is 4.46. The number of aromatic nitrogens is 1. The maximum atomic E-state index is 13.7. The molecule has 0 radical (unpaired) electrons. The number of halogens is 2. The highest BCUT2D eigenvalue weighted by atomic mass is 127. The van der Waals surface area contributed by atoms with E-state index in [0.29, 0.717) is 30.3 Å². The van der Waals surface area contributed by atoms with Crippen LogP contribution < -0.4 is 10.6 Å². The van der Waals surface area contributed by atoms with E-state index >= 15 is 0 Å². The summed E-state index contributed by atoms with van der Waals surface area (Å²) in [5, 5.41) is 6.60. The van der Waals surface area contributed by atoms with Crippen molar-refractivity contribution in [3.05, 3.63) is 65.7 Å². The van der Waals surface area contributed by atoms with Gasteiger partial charge in [-0.1, -0.05) is 30.3 Å². The smallest absolute Gasteiger partial charge is 0.191 e. The highest BCUT2D eigenvalue weighted by Crippen LogP contribution is 2.20. The van der Waals surface area contributed by atoms with Crippen LogP contribution in [0.1, 0.15) is 24.6 Å².